The molecule has 128 valence electrons. The molecule has 0 unspecified atom stereocenters. The van der Waals surface area contributed by atoms with Gasteiger partial charge in [-0.05, 0) is 58.5 Å². The van der Waals surface area contributed by atoms with E-state index in [0.29, 0.717) is 20.7 Å². The maximum atomic E-state index is 12.8. The number of carbonyl (C=O) groups excluding carboxylic acids is 1. The van der Waals surface area contributed by atoms with E-state index in [1.54, 1.807) is 19.1 Å². The Balaban J connectivity index is 1.96. The molecule has 1 heterocycles. The molecule has 0 aliphatic carbocycles. The van der Waals surface area contributed by atoms with Crippen molar-refractivity contribution < 1.29 is 14.3 Å². The summed E-state index contributed by atoms with van der Waals surface area (Å²) in [5.74, 6) is 1.18. The fourth-order valence-corrected chi connectivity index (χ4v) is 4.58. The van der Waals surface area contributed by atoms with Gasteiger partial charge in [0.1, 0.15) is 0 Å². The number of halogens is 1. The number of rotatable bonds is 4. The van der Waals surface area contributed by atoms with Gasteiger partial charge in [0, 0.05) is 0 Å². The molecule has 0 N–H and O–H groups in total. The molecule has 0 saturated carbocycles. The molecule has 25 heavy (non-hydrogen) atoms. The van der Waals surface area contributed by atoms with Gasteiger partial charge in [-0.3, -0.25) is 9.69 Å². The second-order valence-corrected chi connectivity index (χ2v) is 7.93. The van der Waals surface area contributed by atoms with Crippen molar-refractivity contribution >= 4 is 68.6 Å². The molecule has 4 nitrogen and oxygen atoms in total. The van der Waals surface area contributed by atoms with Crippen LogP contribution in [0.2, 0.25) is 0 Å². The van der Waals surface area contributed by atoms with E-state index in [1.807, 2.05) is 48.5 Å². The number of methoxy groups -OCH3 is 2. The number of thiocarbonyl (C=S) groups is 1. The van der Waals surface area contributed by atoms with E-state index in [0.717, 1.165) is 14.8 Å². The Hall–Kier alpha value is -1.58. The summed E-state index contributed by atoms with van der Waals surface area (Å²) in [4.78, 5) is 14.9. The molecule has 2 aromatic carbocycles. The third kappa shape index (κ3) is 3.68. The first-order valence-corrected chi connectivity index (χ1v) is 9.60. The van der Waals surface area contributed by atoms with Gasteiger partial charge >= 0.3 is 0 Å². The molecule has 0 aromatic heterocycles. The first kappa shape index (κ1) is 18.2. The van der Waals surface area contributed by atoms with E-state index in [9.17, 15) is 4.79 Å². The minimum atomic E-state index is -0.119. The fraction of sp³-hybridized carbons (Fsp3) is 0.111. The van der Waals surface area contributed by atoms with Crippen molar-refractivity contribution in [2.45, 2.75) is 0 Å². The van der Waals surface area contributed by atoms with Crippen molar-refractivity contribution in [1.29, 1.82) is 0 Å². The molecular weight excluding hydrogens is 469 g/mol. The van der Waals surface area contributed by atoms with Crippen molar-refractivity contribution in [3.05, 3.63) is 56.5 Å². The van der Waals surface area contributed by atoms with E-state index in [4.69, 9.17) is 21.7 Å². The van der Waals surface area contributed by atoms with Gasteiger partial charge in [-0.2, -0.15) is 0 Å². The minimum Gasteiger partial charge on any atom is -0.493 e. The molecule has 3 rings (SSSR count). The Bertz CT molecular complexity index is 868. The molecule has 0 radical (unpaired) electrons. The number of anilines is 1. The number of carbonyl (C=O) groups is 1. The van der Waals surface area contributed by atoms with Crippen molar-refractivity contribution in [2.24, 2.45) is 0 Å². The van der Waals surface area contributed by atoms with Crippen molar-refractivity contribution in [1.82, 2.24) is 0 Å². The van der Waals surface area contributed by atoms with Crippen LogP contribution in [0.5, 0.6) is 11.5 Å². The highest BCUT2D eigenvalue weighted by Crippen LogP contribution is 2.38. The van der Waals surface area contributed by atoms with Crippen LogP contribution in [0, 0.1) is 3.57 Å². The lowest BCUT2D eigenvalue weighted by molar-refractivity contribution is -0.113. The second-order valence-electron chi connectivity index (χ2n) is 5.09. The molecule has 1 saturated heterocycles. The molecule has 0 spiro atoms. The molecule has 7 heteroatoms. The first-order valence-electron chi connectivity index (χ1n) is 7.29. The van der Waals surface area contributed by atoms with E-state index in [2.05, 4.69) is 22.6 Å². The van der Waals surface area contributed by atoms with Gasteiger partial charge in [-0.15, -0.1) is 0 Å². The number of amides is 1. The molecule has 1 aliphatic rings. The van der Waals surface area contributed by atoms with Crippen LogP contribution in [0.15, 0.2) is 47.4 Å². The summed E-state index contributed by atoms with van der Waals surface area (Å²) in [7, 11) is 3.19. The molecule has 1 amide bonds. The first-order chi connectivity index (χ1) is 12.0. The number of hydrogen-bond donors (Lipinski definition) is 0. The topological polar surface area (TPSA) is 38.8 Å². The van der Waals surface area contributed by atoms with Gasteiger partial charge in [0.05, 0.1) is 28.4 Å². The number of thioether (sulfide) groups is 1. The van der Waals surface area contributed by atoms with Crippen LogP contribution >= 0.6 is 46.6 Å². The Morgan fingerprint density at radius 1 is 1.16 bits per heavy atom. The minimum absolute atomic E-state index is 0.119. The lowest BCUT2D eigenvalue weighted by Gasteiger charge is -2.14. The van der Waals surface area contributed by atoms with Crippen LogP contribution in [0.4, 0.5) is 5.69 Å². The van der Waals surface area contributed by atoms with Gasteiger partial charge in [0.25, 0.3) is 5.91 Å². The average Bonchev–Trinajstić information content (AvgIpc) is 2.88. The fourth-order valence-electron chi connectivity index (χ4n) is 2.44. The summed E-state index contributed by atoms with van der Waals surface area (Å²) in [5, 5.41) is 0. The normalized spacial score (nSPS) is 15.8. The standard InChI is InChI=1S/C18H14INO3S2/c1-22-14-9-11(8-13(19)16(14)23-2)10-15-17(21)20(18(24)25-15)12-6-4-3-5-7-12/h3-10H,1-2H3/b15-10+. The highest BCUT2D eigenvalue weighted by atomic mass is 127. The van der Waals surface area contributed by atoms with Crippen LogP contribution in [0.3, 0.4) is 0 Å². The average molecular weight is 483 g/mol. The second kappa shape index (κ2) is 7.76. The lowest BCUT2D eigenvalue weighted by Crippen LogP contribution is -2.27. The van der Waals surface area contributed by atoms with E-state index >= 15 is 0 Å². The van der Waals surface area contributed by atoms with Crippen molar-refractivity contribution in [3.63, 3.8) is 0 Å². The Morgan fingerprint density at radius 3 is 2.52 bits per heavy atom. The number of para-hydroxylation sites is 1. The summed E-state index contributed by atoms with van der Waals surface area (Å²) >= 11 is 8.87. The summed E-state index contributed by atoms with van der Waals surface area (Å²) in [6.45, 7) is 0. The largest absolute Gasteiger partial charge is 0.493 e. The van der Waals surface area contributed by atoms with Gasteiger partial charge in [0.2, 0.25) is 0 Å². The number of benzene rings is 2. The van der Waals surface area contributed by atoms with Crippen LogP contribution in [-0.4, -0.2) is 24.4 Å². The smallest absolute Gasteiger partial charge is 0.270 e. The van der Waals surface area contributed by atoms with Crippen molar-refractivity contribution in [3.8, 4) is 11.5 Å². The summed E-state index contributed by atoms with van der Waals surface area (Å²) in [6.07, 6.45) is 1.83. The van der Waals surface area contributed by atoms with Gasteiger partial charge < -0.3 is 9.47 Å². The Morgan fingerprint density at radius 2 is 1.88 bits per heavy atom. The van der Waals surface area contributed by atoms with E-state index in [1.165, 1.54) is 11.8 Å². The highest BCUT2D eigenvalue weighted by molar-refractivity contribution is 14.1. The van der Waals surface area contributed by atoms with Crippen LogP contribution in [0.25, 0.3) is 6.08 Å². The monoisotopic (exact) mass is 483 g/mol. The third-order valence-electron chi connectivity index (χ3n) is 3.56. The maximum Gasteiger partial charge on any atom is 0.270 e. The molecule has 1 aliphatic heterocycles. The molecule has 0 atom stereocenters. The molecule has 0 bridgehead atoms. The summed E-state index contributed by atoms with van der Waals surface area (Å²) in [5.41, 5.74) is 1.63. The quantitative estimate of drug-likeness (QED) is 0.358. The predicted octanol–water partition coefficient (Wildman–Crippen LogP) is 4.71. The zero-order valence-corrected chi connectivity index (χ0v) is 17.3. The zero-order chi connectivity index (χ0) is 18.0. The van der Waals surface area contributed by atoms with Crippen LogP contribution < -0.4 is 14.4 Å². The zero-order valence-electron chi connectivity index (χ0n) is 13.5. The Labute approximate surface area is 169 Å². The molecular formula is C18H14INO3S2. The van der Waals surface area contributed by atoms with Gasteiger partial charge in [-0.1, -0.05) is 42.2 Å². The number of hydrogen-bond acceptors (Lipinski definition) is 5. The summed E-state index contributed by atoms with van der Waals surface area (Å²) in [6, 6.07) is 13.2. The predicted molar refractivity (Wildman–Crippen MR) is 114 cm³/mol. The SMILES string of the molecule is COc1cc(/C=C2/SC(=S)N(c3ccccc3)C2=O)cc(I)c1OC. The van der Waals surface area contributed by atoms with E-state index in [-0.39, 0.29) is 5.91 Å². The van der Waals surface area contributed by atoms with Gasteiger partial charge in [-0.25, -0.2) is 0 Å². The van der Waals surface area contributed by atoms with Crippen molar-refractivity contribution in [2.75, 3.05) is 19.1 Å². The highest BCUT2D eigenvalue weighted by Gasteiger charge is 2.33. The van der Waals surface area contributed by atoms with E-state index < -0.39 is 0 Å². The number of nitrogens with zero attached hydrogens (tertiary/aromatic N) is 1. The maximum absolute atomic E-state index is 12.8. The number of ether oxygens (including phenoxy) is 2. The van der Waals surface area contributed by atoms with Gasteiger partial charge in [0.15, 0.2) is 15.8 Å². The van der Waals surface area contributed by atoms with Crippen LogP contribution in [0.1, 0.15) is 5.56 Å². The summed E-state index contributed by atoms with van der Waals surface area (Å²) < 4.78 is 12.2. The lowest BCUT2D eigenvalue weighted by atomic mass is 10.2. The molecule has 2 aromatic rings. The third-order valence-corrected chi connectivity index (χ3v) is 5.67. The Kier molecular flexibility index (Phi) is 5.65. The van der Waals surface area contributed by atoms with Crippen LogP contribution in [-0.2, 0) is 4.79 Å². The molecule has 1 fully saturated rings.